The van der Waals surface area contributed by atoms with Crippen molar-refractivity contribution in [3.63, 3.8) is 0 Å². The Morgan fingerprint density at radius 3 is 2.96 bits per heavy atom. The standard InChI is InChI=1S/C17H24N8/c1-2-25-17-6-5-13(8-16(17)20-22-25)9-24-12-15(19-21-24)11-23-7-3-4-14(18)10-23/h5-6,8,12,14H,2-4,7,9-11,18H2,1H3. The Morgan fingerprint density at radius 1 is 1.20 bits per heavy atom. The molecular formula is C17H24N8. The number of likely N-dealkylation sites (tertiary alicyclic amines) is 1. The minimum Gasteiger partial charge on any atom is -0.327 e. The Hall–Kier alpha value is -2.32. The van der Waals surface area contributed by atoms with Crippen LogP contribution in [0.1, 0.15) is 31.0 Å². The van der Waals surface area contributed by atoms with Crippen molar-refractivity contribution in [2.45, 2.75) is 45.4 Å². The summed E-state index contributed by atoms with van der Waals surface area (Å²) in [6, 6.07) is 6.52. The van der Waals surface area contributed by atoms with Gasteiger partial charge in [0.1, 0.15) is 5.52 Å². The molecule has 0 aliphatic carbocycles. The zero-order valence-electron chi connectivity index (χ0n) is 14.5. The summed E-state index contributed by atoms with van der Waals surface area (Å²) in [6.07, 6.45) is 4.30. The van der Waals surface area contributed by atoms with Gasteiger partial charge in [-0.15, -0.1) is 10.2 Å². The maximum Gasteiger partial charge on any atom is 0.113 e. The van der Waals surface area contributed by atoms with Gasteiger partial charge in [-0.05, 0) is 44.0 Å². The molecule has 8 heteroatoms. The molecule has 132 valence electrons. The molecule has 4 rings (SSSR count). The smallest absolute Gasteiger partial charge is 0.113 e. The zero-order chi connectivity index (χ0) is 17.2. The molecule has 2 N–H and O–H groups in total. The average molecular weight is 340 g/mol. The molecule has 1 unspecified atom stereocenters. The minimum absolute atomic E-state index is 0.284. The van der Waals surface area contributed by atoms with Gasteiger partial charge in [-0.3, -0.25) is 4.90 Å². The lowest BCUT2D eigenvalue weighted by molar-refractivity contribution is 0.199. The van der Waals surface area contributed by atoms with Gasteiger partial charge in [0.2, 0.25) is 0 Å². The lowest BCUT2D eigenvalue weighted by Crippen LogP contribution is -2.42. The number of piperidine rings is 1. The SMILES string of the molecule is CCn1nnc2cc(Cn3cc(CN4CCCC(N)C4)nn3)ccc21. The highest BCUT2D eigenvalue weighted by atomic mass is 15.4. The predicted molar refractivity (Wildman–Crippen MR) is 94.8 cm³/mol. The van der Waals surface area contributed by atoms with E-state index in [9.17, 15) is 0 Å². The Kier molecular flexibility index (Phi) is 4.46. The topological polar surface area (TPSA) is 90.7 Å². The molecule has 1 saturated heterocycles. The summed E-state index contributed by atoms with van der Waals surface area (Å²) >= 11 is 0. The summed E-state index contributed by atoms with van der Waals surface area (Å²) in [5, 5.41) is 17.0. The van der Waals surface area contributed by atoms with Crippen LogP contribution in [0.4, 0.5) is 0 Å². The number of aromatic nitrogens is 6. The van der Waals surface area contributed by atoms with E-state index in [-0.39, 0.29) is 6.04 Å². The Labute approximate surface area is 146 Å². The molecule has 8 nitrogen and oxygen atoms in total. The molecule has 1 atom stereocenters. The van der Waals surface area contributed by atoms with E-state index in [1.807, 2.05) is 15.6 Å². The van der Waals surface area contributed by atoms with Crippen molar-refractivity contribution >= 4 is 11.0 Å². The van der Waals surface area contributed by atoms with E-state index in [0.29, 0.717) is 6.54 Å². The van der Waals surface area contributed by atoms with E-state index in [0.717, 1.165) is 61.3 Å². The third kappa shape index (κ3) is 3.54. The Morgan fingerprint density at radius 2 is 2.12 bits per heavy atom. The largest absolute Gasteiger partial charge is 0.327 e. The summed E-state index contributed by atoms with van der Waals surface area (Å²) in [4.78, 5) is 2.36. The number of hydrogen-bond acceptors (Lipinski definition) is 6. The number of nitrogens with two attached hydrogens (primary N) is 1. The molecule has 2 aromatic heterocycles. The summed E-state index contributed by atoms with van der Waals surface area (Å²) in [6.45, 7) is 6.41. The van der Waals surface area contributed by atoms with Crippen LogP contribution in [0.3, 0.4) is 0 Å². The van der Waals surface area contributed by atoms with Crippen LogP contribution < -0.4 is 5.73 Å². The van der Waals surface area contributed by atoms with Gasteiger partial charge in [0, 0.05) is 25.7 Å². The number of nitrogens with zero attached hydrogens (tertiary/aromatic N) is 7. The van der Waals surface area contributed by atoms with Crippen molar-refractivity contribution in [2.24, 2.45) is 5.73 Å². The van der Waals surface area contributed by atoms with Crippen LogP contribution in [0.2, 0.25) is 0 Å². The fourth-order valence-corrected chi connectivity index (χ4v) is 3.49. The van der Waals surface area contributed by atoms with Gasteiger partial charge in [0.05, 0.1) is 24.0 Å². The number of aryl methyl sites for hydroxylation is 1. The molecule has 0 radical (unpaired) electrons. The molecule has 25 heavy (non-hydrogen) atoms. The van der Waals surface area contributed by atoms with Crippen molar-refractivity contribution in [3.8, 4) is 0 Å². The van der Waals surface area contributed by atoms with Gasteiger partial charge in [0.15, 0.2) is 0 Å². The average Bonchev–Trinajstić information content (AvgIpc) is 3.21. The van der Waals surface area contributed by atoms with Crippen molar-refractivity contribution in [1.29, 1.82) is 0 Å². The summed E-state index contributed by atoms with van der Waals surface area (Å²) in [5.41, 5.74) is 10.2. The van der Waals surface area contributed by atoms with Gasteiger partial charge in [-0.2, -0.15) is 0 Å². The van der Waals surface area contributed by atoms with Gasteiger partial charge in [-0.1, -0.05) is 16.5 Å². The first kappa shape index (κ1) is 16.2. The molecule has 1 aliphatic heterocycles. The van der Waals surface area contributed by atoms with Crippen molar-refractivity contribution in [1.82, 2.24) is 34.9 Å². The molecule has 3 heterocycles. The van der Waals surface area contributed by atoms with Crippen molar-refractivity contribution in [3.05, 3.63) is 35.7 Å². The number of hydrogen-bond donors (Lipinski definition) is 1. The normalized spacial score (nSPS) is 18.9. The number of benzene rings is 1. The van der Waals surface area contributed by atoms with Crippen LogP contribution in [-0.2, 0) is 19.6 Å². The summed E-state index contributed by atoms with van der Waals surface area (Å²) in [5.74, 6) is 0. The van der Waals surface area contributed by atoms with Crippen LogP contribution in [0, 0.1) is 0 Å². The first-order valence-electron chi connectivity index (χ1n) is 8.90. The summed E-state index contributed by atoms with van der Waals surface area (Å²) < 4.78 is 3.78. The van der Waals surface area contributed by atoms with E-state index >= 15 is 0 Å². The molecule has 3 aromatic rings. The van der Waals surface area contributed by atoms with Gasteiger partial charge >= 0.3 is 0 Å². The second-order valence-corrected chi connectivity index (χ2v) is 6.77. The first-order valence-corrected chi connectivity index (χ1v) is 8.90. The molecule has 1 fully saturated rings. The van der Waals surface area contributed by atoms with Crippen LogP contribution in [0.5, 0.6) is 0 Å². The second kappa shape index (κ2) is 6.89. The van der Waals surface area contributed by atoms with Crippen LogP contribution in [0.15, 0.2) is 24.4 Å². The van der Waals surface area contributed by atoms with Gasteiger partial charge < -0.3 is 5.73 Å². The fraction of sp³-hybridized carbons (Fsp3) is 0.529. The molecule has 1 aliphatic rings. The second-order valence-electron chi connectivity index (χ2n) is 6.77. The monoisotopic (exact) mass is 340 g/mol. The zero-order valence-corrected chi connectivity index (χ0v) is 14.5. The maximum absolute atomic E-state index is 6.05. The minimum atomic E-state index is 0.284. The van der Waals surface area contributed by atoms with Gasteiger partial charge in [-0.25, -0.2) is 9.36 Å². The number of rotatable bonds is 5. The van der Waals surface area contributed by atoms with Crippen molar-refractivity contribution in [2.75, 3.05) is 13.1 Å². The van der Waals surface area contributed by atoms with E-state index in [1.54, 1.807) is 0 Å². The van der Waals surface area contributed by atoms with E-state index in [4.69, 9.17) is 5.73 Å². The highest BCUT2D eigenvalue weighted by molar-refractivity contribution is 5.75. The lowest BCUT2D eigenvalue weighted by Gasteiger charge is -2.29. The van der Waals surface area contributed by atoms with Crippen molar-refractivity contribution < 1.29 is 0 Å². The lowest BCUT2D eigenvalue weighted by atomic mass is 10.1. The fourth-order valence-electron chi connectivity index (χ4n) is 3.49. The quantitative estimate of drug-likeness (QED) is 0.745. The Bertz CT molecular complexity index is 851. The molecule has 0 saturated carbocycles. The van der Waals surface area contributed by atoms with Crippen LogP contribution >= 0.6 is 0 Å². The predicted octanol–water partition coefficient (Wildman–Crippen LogP) is 1.01. The molecule has 0 bridgehead atoms. The van der Waals surface area contributed by atoms with E-state index in [1.165, 1.54) is 0 Å². The van der Waals surface area contributed by atoms with Crippen LogP contribution in [-0.4, -0.2) is 54.0 Å². The third-order valence-electron chi connectivity index (χ3n) is 4.74. The summed E-state index contributed by atoms with van der Waals surface area (Å²) in [7, 11) is 0. The molecular weight excluding hydrogens is 316 g/mol. The first-order chi connectivity index (χ1) is 12.2. The highest BCUT2D eigenvalue weighted by Crippen LogP contribution is 2.15. The van der Waals surface area contributed by atoms with Crippen LogP contribution in [0.25, 0.3) is 11.0 Å². The van der Waals surface area contributed by atoms with E-state index in [2.05, 4.69) is 50.6 Å². The molecule has 0 spiro atoms. The highest BCUT2D eigenvalue weighted by Gasteiger charge is 2.17. The van der Waals surface area contributed by atoms with E-state index < -0.39 is 0 Å². The molecule has 0 amide bonds. The van der Waals surface area contributed by atoms with Gasteiger partial charge in [0.25, 0.3) is 0 Å². The maximum atomic E-state index is 6.05. The molecule has 1 aromatic carbocycles. The number of fused-ring (bicyclic) bond motifs is 1. The Balaban J connectivity index is 1.44. The third-order valence-corrected chi connectivity index (χ3v) is 4.74.